The lowest BCUT2D eigenvalue weighted by atomic mass is 9.95. The highest BCUT2D eigenvalue weighted by Gasteiger charge is 2.28. The molecule has 0 aromatic heterocycles. The van der Waals surface area contributed by atoms with Gasteiger partial charge in [-0.3, -0.25) is 9.59 Å². The first-order valence-corrected chi connectivity index (χ1v) is 12.2. The van der Waals surface area contributed by atoms with Gasteiger partial charge in [-0.05, 0) is 84.3 Å². The molecule has 0 spiro atoms. The first-order chi connectivity index (χ1) is 15.5. The van der Waals surface area contributed by atoms with Crippen molar-refractivity contribution in [2.75, 3.05) is 13.7 Å². The van der Waals surface area contributed by atoms with Crippen LogP contribution >= 0.6 is 22.6 Å². The number of carbonyl (C=O) groups excluding carboxylic acids is 2. The van der Waals surface area contributed by atoms with Crippen LogP contribution in [0.3, 0.4) is 0 Å². The van der Waals surface area contributed by atoms with Gasteiger partial charge < -0.3 is 19.7 Å². The average Bonchev–Trinajstić information content (AvgIpc) is 2.82. The predicted octanol–water partition coefficient (Wildman–Crippen LogP) is 4.54. The second kappa shape index (κ2) is 12.1. The highest BCUT2D eigenvalue weighted by Crippen LogP contribution is 2.19. The third-order valence-corrected chi connectivity index (χ3v) is 6.53. The lowest BCUT2D eigenvalue weighted by Crippen LogP contribution is -2.51. The van der Waals surface area contributed by atoms with Crippen molar-refractivity contribution in [2.45, 2.75) is 57.7 Å². The second-order valence-electron chi connectivity index (χ2n) is 8.13. The first-order valence-electron chi connectivity index (χ1n) is 11.1. The van der Waals surface area contributed by atoms with Gasteiger partial charge in [0.15, 0.2) is 6.61 Å². The Morgan fingerprint density at radius 1 is 1.03 bits per heavy atom. The zero-order chi connectivity index (χ0) is 22.9. The monoisotopic (exact) mass is 550 g/mol. The Morgan fingerprint density at radius 2 is 1.66 bits per heavy atom. The smallest absolute Gasteiger partial charge is 0.261 e. The zero-order valence-electron chi connectivity index (χ0n) is 18.7. The normalized spacial score (nSPS) is 15.0. The number of methoxy groups -OCH3 is 1. The van der Waals surface area contributed by atoms with Gasteiger partial charge in [0.05, 0.1) is 7.11 Å². The van der Waals surface area contributed by atoms with Gasteiger partial charge in [0.2, 0.25) is 5.91 Å². The zero-order valence-corrected chi connectivity index (χ0v) is 20.8. The topological polar surface area (TPSA) is 67.9 Å². The number of benzene rings is 2. The summed E-state index contributed by atoms with van der Waals surface area (Å²) < 4.78 is 12.0. The Balaban J connectivity index is 1.69. The van der Waals surface area contributed by atoms with E-state index in [4.69, 9.17) is 9.47 Å². The lowest BCUT2D eigenvalue weighted by molar-refractivity contribution is -0.142. The maximum absolute atomic E-state index is 13.1. The summed E-state index contributed by atoms with van der Waals surface area (Å²) >= 11 is 2.22. The maximum Gasteiger partial charge on any atom is 0.261 e. The molecule has 1 aliphatic rings. The Morgan fingerprint density at radius 3 is 2.28 bits per heavy atom. The van der Waals surface area contributed by atoms with Crippen LogP contribution in [0.5, 0.6) is 11.5 Å². The molecule has 1 saturated carbocycles. The van der Waals surface area contributed by atoms with E-state index in [1.54, 1.807) is 18.9 Å². The van der Waals surface area contributed by atoms with Gasteiger partial charge >= 0.3 is 0 Å². The van der Waals surface area contributed by atoms with Gasteiger partial charge in [-0.15, -0.1) is 0 Å². The van der Waals surface area contributed by atoms with Gasteiger partial charge in [0, 0.05) is 16.2 Å². The minimum atomic E-state index is -0.605. The summed E-state index contributed by atoms with van der Waals surface area (Å²) in [6.45, 7) is 1.97. The molecule has 1 atom stereocenters. The SMILES string of the molecule is COc1ccc(CN(C(=O)COc2ccc(I)cc2)C(C)C(=O)NC2CCCCC2)cc1. The van der Waals surface area contributed by atoms with E-state index in [1.807, 2.05) is 48.5 Å². The molecule has 2 amide bonds. The molecule has 172 valence electrons. The number of nitrogens with one attached hydrogen (secondary N) is 1. The van der Waals surface area contributed by atoms with E-state index in [0.717, 1.165) is 40.6 Å². The number of hydrogen-bond acceptors (Lipinski definition) is 4. The molecule has 3 rings (SSSR count). The summed E-state index contributed by atoms with van der Waals surface area (Å²) in [4.78, 5) is 27.7. The van der Waals surface area contributed by atoms with Crippen molar-refractivity contribution >= 4 is 34.4 Å². The van der Waals surface area contributed by atoms with Crippen LogP contribution in [0.4, 0.5) is 0 Å². The summed E-state index contributed by atoms with van der Waals surface area (Å²) in [7, 11) is 1.62. The van der Waals surface area contributed by atoms with Crippen LogP contribution in [0.1, 0.15) is 44.6 Å². The van der Waals surface area contributed by atoms with E-state index in [1.165, 1.54) is 6.42 Å². The molecule has 1 N–H and O–H groups in total. The molecule has 1 aliphatic carbocycles. The highest BCUT2D eigenvalue weighted by molar-refractivity contribution is 14.1. The quantitative estimate of drug-likeness (QED) is 0.466. The van der Waals surface area contributed by atoms with Crippen molar-refractivity contribution in [3.05, 3.63) is 57.7 Å². The second-order valence-corrected chi connectivity index (χ2v) is 9.38. The summed E-state index contributed by atoms with van der Waals surface area (Å²) in [5, 5.41) is 3.14. The van der Waals surface area contributed by atoms with Crippen molar-refractivity contribution in [3.63, 3.8) is 0 Å². The Labute approximate surface area is 203 Å². The van der Waals surface area contributed by atoms with Crippen LogP contribution in [0.2, 0.25) is 0 Å². The van der Waals surface area contributed by atoms with Crippen molar-refractivity contribution < 1.29 is 19.1 Å². The Kier molecular flexibility index (Phi) is 9.20. The molecule has 0 bridgehead atoms. The van der Waals surface area contributed by atoms with Crippen LogP contribution in [-0.2, 0) is 16.1 Å². The fraction of sp³-hybridized carbons (Fsp3) is 0.440. The van der Waals surface area contributed by atoms with Gasteiger partial charge in [-0.1, -0.05) is 31.4 Å². The molecule has 2 aromatic rings. The van der Waals surface area contributed by atoms with Gasteiger partial charge in [0.1, 0.15) is 17.5 Å². The standard InChI is InChI=1S/C25H31IN2O4/c1-18(25(30)27-21-6-4-3-5-7-21)28(16-19-8-12-22(31-2)13-9-19)24(29)17-32-23-14-10-20(26)11-15-23/h8-15,18,21H,3-7,16-17H2,1-2H3,(H,27,30). The molecule has 7 heteroatoms. The fourth-order valence-electron chi connectivity index (χ4n) is 3.84. The van der Waals surface area contributed by atoms with Gasteiger partial charge in [0.25, 0.3) is 5.91 Å². The molecule has 1 fully saturated rings. The number of rotatable bonds is 9. The molecule has 1 unspecified atom stereocenters. The van der Waals surface area contributed by atoms with Crippen molar-refractivity contribution in [2.24, 2.45) is 0 Å². The van der Waals surface area contributed by atoms with Gasteiger partial charge in [-0.2, -0.15) is 0 Å². The number of amides is 2. The minimum absolute atomic E-state index is 0.118. The molecular formula is C25H31IN2O4. The van der Waals surface area contributed by atoms with Crippen LogP contribution in [-0.4, -0.2) is 42.5 Å². The van der Waals surface area contributed by atoms with Crippen LogP contribution < -0.4 is 14.8 Å². The number of nitrogens with zero attached hydrogens (tertiary/aromatic N) is 1. The summed E-state index contributed by atoms with van der Waals surface area (Å²) in [5.74, 6) is 1.03. The highest BCUT2D eigenvalue weighted by atomic mass is 127. The van der Waals surface area contributed by atoms with Crippen LogP contribution in [0.25, 0.3) is 0 Å². The van der Waals surface area contributed by atoms with E-state index in [0.29, 0.717) is 12.3 Å². The molecule has 32 heavy (non-hydrogen) atoms. The van der Waals surface area contributed by atoms with Crippen LogP contribution in [0, 0.1) is 3.57 Å². The molecule has 0 radical (unpaired) electrons. The summed E-state index contributed by atoms with van der Waals surface area (Å²) in [5.41, 5.74) is 0.922. The number of halogens is 1. The third-order valence-electron chi connectivity index (χ3n) is 5.81. The summed E-state index contributed by atoms with van der Waals surface area (Å²) in [6, 6.07) is 14.6. The molecule has 6 nitrogen and oxygen atoms in total. The van der Waals surface area contributed by atoms with Crippen molar-refractivity contribution in [1.29, 1.82) is 0 Å². The molecular weight excluding hydrogens is 519 g/mol. The largest absolute Gasteiger partial charge is 0.497 e. The fourth-order valence-corrected chi connectivity index (χ4v) is 4.20. The predicted molar refractivity (Wildman–Crippen MR) is 133 cm³/mol. The molecule has 0 heterocycles. The average molecular weight is 550 g/mol. The van der Waals surface area contributed by atoms with E-state index >= 15 is 0 Å². The molecule has 0 saturated heterocycles. The van der Waals surface area contributed by atoms with E-state index in [-0.39, 0.29) is 24.5 Å². The number of hydrogen-bond donors (Lipinski definition) is 1. The van der Waals surface area contributed by atoms with E-state index < -0.39 is 6.04 Å². The maximum atomic E-state index is 13.1. The molecule has 2 aromatic carbocycles. The van der Waals surface area contributed by atoms with Crippen LogP contribution in [0.15, 0.2) is 48.5 Å². The van der Waals surface area contributed by atoms with E-state index in [9.17, 15) is 9.59 Å². The number of ether oxygens (including phenoxy) is 2. The Hall–Kier alpha value is -2.29. The minimum Gasteiger partial charge on any atom is -0.497 e. The third kappa shape index (κ3) is 7.12. The lowest BCUT2D eigenvalue weighted by Gasteiger charge is -2.31. The summed E-state index contributed by atoms with van der Waals surface area (Å²) in [6.07, 6.45) is 5.50. The number of carbonyl (C=O) groups is 2. The van der Waals surface area contributed by atoms with Crippen molar-refractivity contribution in [1.82, 2.24) is 10.2 Å². The first kappa shape index (κ1) is 24.4. The van der Waals surface area contributed by atoms with E-state index in [2.05, 4.69) is 27.9 Å². The Bertz CT molecular complexity index is 880. The van der Waals surface area contributed by atoms with Crippen molar-refractivity contribution in [3.8, 4) is 11.5 Å². The van der Waals surface area contributed by atoms with Gasteiger partial charge in [-0.25, -0.2) is 0 Å². The molecule has 0 aliphatic heterocycles.